The van der Waals surface area contributed by atoms with Gasteiger partial charge in [-0.15, -0.1) is 0 Å². The van der Waals surface area contributed by atoms with Crippen molar-refractivity contribution in [3.63, 3.8) is 0 Å². The van der Waals surface area contributed by atoms with Gasteiger partial charge < -0.3 is 11.1 Å². The molecule has 0 spiro atoms. The lowest BCUT2D eigenvalue weighted by Crippen LogP contribution is -2.31. The van der Waals surface area contributed by atoms with Crippen LogP contribution >= 0.6 is 0 Å². The van der Waals surface area contributed by atoms with Crippen LogP contribution in [0.25, 0.3) is 0 Å². The first kappa shape index (κ1) is 11.1. The van der Waals surface area contributed by atoms with Crippen LogP contribution in [0.15, 0.2) is 30.3 Å². The summed E-state index contributed by atoms with van der Waals surface area (Å²) in [5, 5.41) is 3.01. The topological polar surface area (TPSA) is 55.1 Å². The second-order valence-corrected chi connectivity index (χ2v) is 4.61. The number of benzene rings is 1. The molecule has 16 heavy (non-hydrogen) atoms. The van der Waals surface area contributed by atoms with Gasteiger partial charge in [0.2, 0.25) is 5.91 Å². The lowest BCUT2D eigenvalue weighted by atomic mass is 10.1. The normalized spacial score (nSPS) is 24.9. The first-order valence-electron chi connectivity index (χ1n) is 5.76. The number of amides is 1. The second kappa shape index (κ2) is 4.66. The summed E-state index contributed by atoms with van der Waals surface area (Å²) >= 11 is 0. The molecular formula is C13H18N2O. The van der Waals surface area contributed by atoms with Crippen molar-refractivity contribution in [1.82, 2.24) is 5.32 Å². The van der Waals surface area contributed by atoms with Crippen molar-refractivity contribution in [1.29, 1.82) is 0 Å². The summed E-state index contributed by atoms with van der Waals surface area (Å²) in [5.41, 5.74) is 6.89. The highest BCUT2D eigenvalue weighted by Crippen LogP contribution is 2.40. The van der Waals surface area contributed by atoms with Crippen LogP contribution in [-0.2, 0) is 4.79 Å². The average Bonchev–Trinajstić information content (AvgIpc) is 2.97. The molecule has 1 amide bonds. The van der Waals surface area contributed by atoms with Crippen LogP contribution in [0.4, 0.5) is 0 Å². The number of hydrogen-bond acceptors (Lipinski definition) is 2. The van der Waals surface area contributed by atoms with E-state index in [0.29, 0.717) is 18.4 Å². The van der Waals surface area contributed by atoms with Gasteiger partial charge in [-0.05, 0) is 18.9 Å². The molecule has 1 saturated carbocycles. The van der Waals surface area contributed by atoms with Gasteiger partial charge in [-0.3, -0.25) is 4.79 Å². The molecule has 3 nitrogen and oxygen atoms in total. The molecule has 0 aliphatic heterocycles. The predicted octanol–water partition coefficient (Wildman–Crippen LogP) is 1.40. The van der Waals surface area contributed by atoms with Crippen LogP contribution in [0.5, 0.6) is 0 Å². The van der Waals surface area contributed by atoms with E-state index in [4.69, 9.17) is 5.73 Å². The number of nitrogens with one attached hydrogen (secondary N) is 1. The molecule has 1 aliphatic carbocycles. The standard InChI is InChI=1S/C13H18N2O/c1-9(14)7-13(16)15-12-8-11(12)10-5-3-2-4-6-10/h2-6,9,11-12H,7-8,14H2,1H3,(H,15,16). The maximum atomic E-state index is 11.5. The van der Waals surface area contributed by atoms with E-state index < -0.39 is 0 Å². The van der Waals surface area contributed by atoms with E-state index in [1.54, 1.807) is 0 Å². The third-order valence-electron chi connectivity index (χ3n) is 2.87. The quantitative estimate of drug-likeness (QED) is 0.802. The van der Waals surface area contributed by atoms with Gasteiger partial charge in [-0.2, -0.15) is 0 Å². The molecule has 1 aliphatic rings. The molecule has 0 heterocycles. The summed E-state index contributed by atoms with van der Waals surface area (Å²) in [6.07, 6.45) is 1.46. The van der Waals surface area contributed by atoms with Crippen LogP contribution in [-0.4, -0.2) is 18.0 Å². The molecule has 0 bridgehead atoms. The highest BCUT2D eigenvalue weighted by molar-refractivity contribution is 5.77. The van der Waals surface area contributed by atoms with Crippen molar-refractivity contribution in [3.8, 4) is 0 Å². The van der Waals surface area contributed by atoms with Gasteiger partial charge in [0.1, 0.15) is 0 Å². The Hall–Kier alpha value is -1.35. The Morgan fingerprint density at radius 3 is 2.81 bits per heavy atom. The second-order valence-electron chi connectivity index (χ2n) is 4.61. The summed E-state index contributed by atoms with van der Waals surface area (Å²) < 4.78 is 0. The predicted molar refractivity (Wildman–Crippen MR) is 64.0 cm³/mol. The van der Waals surface area contributed by atoms with Gasteiger partial charge in [0.05, 0.1) is 0 Å². The van der Waals surface area contributed by atoms with Crippen LogP contribution in [0.1, 0.15) is 31.2 Å². The van der Waals surface area contributed by atoms with Gasteiger partial charge in [-0.25, -0.2) is 0 Å². The molecule has 1 aromatic carbocycles. The lowest BCUT2D eigenvalue weighted by Gasteiger charge is -2.06. The molecule has 86 valence electrons. The highest BCUT2D eigenvalue weighted by atomic mass is 16.1. The summed E-state index contributed by atoms with van der Waals surface area (Å²) in [6, 6.07) is 10.6. The smallest absolute Gasteiger partial charge is 0.221 e. The zero-order valence-corrected chi connectivity index (χ0v) is 9.52. The summed E-state index contributed by atoms with van der Waals surface area (Å²) in [5.74, 6) is 0.566. The number of nitrogens with two attached hydrogens (primary N) is 1. The fourth-order valence-electron chi connectivity index (χ4n) is 1.98. The van der Waals surface area contributed by atoms with Gasteiger partial charge in [0.15, 0.2) is 0 Å². The maximum Gasteiger partial charge on any atom is 0.221 e. The molecule has 3 atom stereocenters. The van der Waals surface area contributed by atoms with E-state index in [9.17, 15) is 4.79 Å². The fraction of sp³-hybridized carbons (Fsp3) is 0.462. The molecule has 0 saturated heterocycles. The fourth-order valence-corrected chi connectivity index (χ4v) is 1.98. The average molecular weight is 218 g/mol. The monoisotopic (exact) mass is 218 g/mol. The van der Waals surface area contributed by atoms with Crippen LogP contribution in [0.2, 0.25) is 0 Å². The Bertz CT molecular complexity index is 361. The van der Waals surface area contributed by atoms with Gasteiger partial charge in [-0.1, -0.05) is 30.3 Å². The third kappa shape index (κ3) is 2.83. The Kier molecular flexibility index (Phi) is 3.25. The highest BCUT2D eigenvalue weighted by Gasteiger charge is 2.39. The minimum atomic E-state index is -0.0612. The summed E-state index contributed by atoms with van der Waals surface area (Å²) in [4.78, 5) is 11.5. The summed E-state index contributed by atoms with van der Waals surface area (Å²) in [7, 11) is 0. The Morgan fingerprint density at radius 2 is 2.19 bits per heavy atom. The van der Waals surface area contributed by atoms with E-state index in [1.807, 2.05) is 25.1 Å². The van der Waals surface area contributed by atoms with Gasteiger partial charge in [0.25, 0.3) is 0 Å². The van der Waals surface area contributed by atoms with E-state index in [1.165, 1.54) is 5.56 Å². The molecule has 3 unspecified atom stereocenters. The van der Waals surface area contributed by atoms with Crippen LogP contribution in [0, 0.1) is 0 Å². The van der Waals surface area contributed by atoms with Gasteiger partial charge in [0, 0.05) is 24.4 Å². The molecule has 1 aromatic rings. The Morgan fingerprint density at radius 1 is 1.50 bits per heavy atom. The van der Waals surface area contributed by atoms with Crippen LogP contribution < -0.4 is 11.1 Å². The van der Waals surface area contributed by atoms with Crippen molar-refractivity contribution in [2.24, 2.45) is 5.73 Å². The number of rotatable bonds is 4. The molecule has 3 heteroatoms. The molecule has 3 N–H and O–H groups in total. The SMILES string of the molecule is CC(N)CC(=O)NC1CC1c1ccccc1. The van der Waals surface area contributed by atoms with Crippen molar-refractivity contribution in [2.75, 3.05) is 0 Å². The number of carbonyl (C=O) groups is 1. The van der Waals surface area contributed by atoms with Crippen molar-refractivity contribution < 1.29 is 4.79 Å². The van der Waals surface area contributed by atoms with E-state index in [-0.39, 0.29) is 11.9 Å². The number of hydrogen-bond donors (Lipinski definition) is 2. The minimum Gasteiger partial charge on any atom is -0.353 e. The van der Waals surface area contributed by atoms with E-state index in [2.05, 4.69) is 17.4 Å². The zero-order chi connectivity index (χ0) is 11.5. The lowest BCUT2D eigenvalue weighted by molar-refractivity contribution is -0.121. The van der Waals surface area contributed by atoms with Crippen molar-refractivity contribution in [2.45, 2.75) is 37.8 Å². The minimum absolute atomic E-state index is 0.0612. The number of carbonyl (C=O) groups excluding carboxylic acids is 1. The van der Waals surface area contributed by atoms with E-state index >= 15 is 0 Å². The van der Waals surface area contributed by atoms with Gasteiger partial charge >= 0.3 is 0 Å². The molecular weight excluding hydrogens is 200 g/mol. The van der Waals surface area contributed by atoms with Crippen LogP contribution in [0.3, 0.4) is 0 Å². The largest absolute Gasteiger partial charge is 0.353 e. The first-order valence-corrected chi connectivity index (χ1v) is 5.76. The van der Waals surface area contributed by atoms with Crippen molar-refractivity contribution >= 4 is 5.91 Å². The molecule has 0 aromatic heterocycles. The first-order chi connectivity index (χ1) is 7.66. The maximum absolute atomic E-state index is 11.5. The Balaban J connectivity index is 1.82. The summed E-state index contributed by atoms with van der Waals surface area (Å²) in [6.45, 7) is 1.85. The Labute approximate surface area is 96.0 Å². The molecule has 2 rings (SSSR count). The molecule has 1 fully saturated rings. The zero-order valence-electron chi connectivity index (χ0n) is 9.52. The third-order valence-corrected chi connectivity index (χ3v) is 2.87. The van der Waals surface area contributed by atoms with Crippen molar-refractivity contribution in [3.05, 3.63) is 35.9 Å². The molecule has 0 radical (unpaired) electrons. The van der Waals surface area contributed by atoms with E-state index in [0.717, 1.165) is 6.42 Å².